The quantitative estimate of drug-likeness (QED) is 0.397. The second-order valence-corrected chi connectivity index (χ2v) is 7.17. The van der Waals surface area contributed by atoms with Gasteiger partial charge in [-0.05, 0) is 36.4 Å². The summed E-state index contributed by atoms with van der Waals surface area (Å²) in [5.41, 5.74) is 6.09. The number of oxazole rings is 1. The summed E-state index contributed by atoms with van der Waals surface area (Å²) in [7, 11) is 0. The van der Waals surface area contributed by atoms with E-state index < -0.39 is 17.5 Å². The highest BCUT2D eigenvalue weighted by atomic mass is 19.1. The van der Waals surface area contributed by atoms with Crippen molar-refractivity contribution in [2.75, 3.05) is 5.32 Å². The lowest BCUT2D eigenvalue weighted by atomic mass is 10.2. The van der Waals surface area contributed by atoms with Gasteiger partial charge in [0.15, 0.2) is 11.7 Å². The number of nitrogens with two attached hydrogens (primary N) is 1. The molecule has 0 bridgehead atoms. The van der Waals surface area contributed by atoms with Crippen molar-refractivity contribution in [3.63, 3.8) is 0 Å². The molecular formula is C24H18F2N4O4. The van der Waals surface area contributed by atoms with Crippen LogP contribution < -0.4 is 15.8 Å². The topological polar surface area (TPSA) is 120 Å². The molecule has 4 aromatic rings. The van der Waals surface area contributed by atoms with Gasteiger partial charge in [-0.25, -0.2) is 18.7 Å². The molecule has 0 aliphatic carbocycles. The average molecular weight is 464 g/mol. The Labute approximate surface area is 192 Å². The molecule has 0 saturated heterocycles. The highest BCUT2D eigenvalue weighted by Gasteiger charge is 2.13. The first-order chi connectivity index (χ1) is 16.4. The number of nitrogens with one attached hydrogen (secondary N) is 1. The van der Waals surface area contributed by atoms with Crippen LogP contribution in [-0.2, 0) is 11.2 Å². The number of aromatic nitrogens is 2. The van der Waals surface area contributed by atoms with E-state index in [-0.39, 0.29) is 41.8 Å². The van der Waals surface area contributed by atoms with Gasteiger partial charge in [-0.2, -0.15) is 0 Å². The number of amides is 2. The van der Waals surface area contributed by atoms with Gasteiger partial charge in [0.2, 0.25) is 17.7 Å². The molecular weight excluding hydrogens is 446 g/mol. The van der Waals surface area contributed by atoms with Crippen LogP contribution in [-0.4, -0.2) is 21.8 Å². The van der Waals surface area contributed by atoms with Crippen molar-refractivity contribution in [1.82, 2.24) is 9.97 Å². The maximum absolute atomic E-state index is 13.9. The van der Waals surface area contributed by atoms with Gasteiger partial charge in [0.1, 0.15) is 17.4 Å². The minimum Gasteiger partial charge on any atom is -0.441 e. The van der Waals surface area contributed by atoms with Crippen LogP contribution in [0, 0.1) is 11.6 Å². The van der Waals surface area contributed by atoms with Gasteiger partial charge < -0.3 is 20.2 Å². The normalized spacial score (nSPS) is 10.6. The van der Waals surface area contributed by atoms with Crippen molar-refractivity contribution in [3.05, 3.63) is 90.1 Å². The predicted octanol–water partition coefficient (Wildman–Crippen LogP) is 4.48. The number of hydrogen-bond donors (Lipinski definition) is 2. The summed E-state index contributed by atoms with van der Waals surface area (Å²) in [6.07, 6.45) is 2.99. The number of primary amides is 1. The molecule has 0 saturated carbocycles. The smallest absolute Gasteiger partial charge is 0.248 e. The Hall–Kier alpha value is -4.60. The Morgan fingerprint density at radius 1 is 1.03 bits per heavy atom. The Bertz CT molecular complexity index is 1340. The SMILES string of the molecule is NC(=O)c1cccc(Oc2ccc(NC(=O)CCc3ncc(-c4ccc(F)cc4F)o3)cn2)c1. The summed E-state index contributed by atoms with van der Waals surface area (Å²) in [4.78, 5) is 31.7. The molecule has 34 heavy (non-hydrogen) atoms. The molecule has 3 N–H and O–H groups in total. The summed E-state index contributed by atoms with van der Waals surface area (Å²) >= 11 is 0. The van der Waals surface area contributed by atoms with E-state index in [1.807, 2.05) is 0 Å². The van der Waals surface area contributed by atoms with E-state index in [1.54, 1.807) is 30.3 Å². The van der Waals surface area contributed by atoms with Crippen molar-refractivity contribution in [2.24, 2.45) is 5.73 Å². The molecule has 2 amide bonds. The summed E-state index contributed by atoms with van der Waals surface area (Å²) in [6, 6.07) is 12.7. The van der Waals surface area contributed by atoms with E-state index in [0.29, 0.717) is 17.0 Å². The molecule has 4 rings (SSSR count). The molecule has 0 unspecified atom stereocenters. The van der Waals surface area contributed by atoms with Crippen LogP contribution in [0.15, 0.2) is 71.4 Å². The van der Waals surface area contributed by atoms with Gasteiger partial charge in [0, 0.05) is 30.5 Å². The monoisotopic (exact) mass is 464 g/mol. The van der Waals surface area contributed by atoms with Crippen LogP contribution in [0.1, 0.15) is 22.7 Å². The number of ether oxygens (including phenoxy) is 1. The van der Waals surface area contributed by atoms with E-state index >= 15 is 0 Å². The Morgan fingerprint density at radius 3 is 2.62 bits per heavy atom. The molecule has 2 aromatic heterocycles. The lowest BCUT2D eigenvalue weighted by molar-refractivity contribution is -0.116. The van der Waals surface area contributed by atoms with Gasteiger partial charge in [0.05, 0.1) is 23.6 Å². The number of carbonyl (C=O) groups is 2. The number of nitrogens with zero attached hydrogens (tertiary/aromatic N) is 2. The van der Waals surface area contributed by atoms with E-state index in [1.165, 1.54) is 24.5 Å². The van der Waals surface area contributed by atoms with E-state index in [4.69, 9.17) is 14.9 Å². The number of halogens is 2. The number of carbonyl (C=O) groups excluding carboxylic acids is 2. The second kappa shape index (κ2) is 9.90. The third-order valence-electron chi connectivity index (χ3n) is 4.68. The fourth-order valence-electron chi connectivity index (χ4n) is 3.03. The lowest BCUT2D eigenvalue weighted by Gasteiger charge is -2.07. The molecule has 0 atom stereocenters. The van der Waals surface area contributed by atoms with Crippen LogP contribution in [0.25, 0.3) is 11.3 Å². The minimum absolute atomic E-state index is 0.0595. The first-order valence-electron chi connectivity index (χ1n) is 10.1. The number of aryl methyl sites for hydroxylation is 1. The molecule has 0 aliphatic heterocycles. The number of anilines is 1. The van der Waals surface area contributed by atoms with Crippen molar-refractivity contribution in [3.8, 4) is 23.0 Å². The second-order valence-electron chi connectivity index (χ2n) is 7.17. The zero-order chi connectivity index (χ0) is 24.1. The maximum atomic E-state index is 13.9. The maximum Gasteiger partial charge on any atom is 0.248 e. The average Bonchev–Trinajstić information content (AvgIpc) is 3.28. The molecule has 172 valence electrons. The van der Waals surface area contributed by atoms with Crippen molar-refractivity contribution < 1.29 is 27.5 Å². The van der Waals surface area contributed by atoms with Crippen LogP contribution in [0.2, 0.25) is 0 Å². The van der Waals surface area contributed by atoms with Crippen molar-refractivity contribution >= 4 is 17.5 Å². The van der Waals surface area contributed by atoms with Gasteiger partial charge in [-0.3, -0.25) is 9.59 Å². The molecule has 0 spiro atoms. The highest BCUT2D eigenvalue weighted by molar-refractivity contribution is 5.93. The standard InChI is InChI=1S/C24H18F2N4O4/c25-15-4-6-18(19(26)11-15)20-13-29-23(34-20)9-7-21(31)30-16-5-8-22(28-12-16)33-17-3-1-2-14(10-17)24(27)32/h1-6,8,10-13H,7,9H2,(H2,27,32)(H,30,31). The number of benzene rings is 2. The van der Waals surface area contributed by atoms with Crippen molar-refractivity contribution in [1.29, 1.82) is 0 Å². The fraction of sp³-hybridized carbons (Fsp3) is 0.0833. The third-order valence-corrected chi connectivity index (χ3v) is 4.68. The first-order valence-corrected chi connectivity index (χ1v) is 10.1. The number of pyridine rings is 1. The van der Waals surface area contributed by atoms with Gasteiger partial charge >= 0.3 is 0 Å². The molecule has 2 heterocycles. The lowest BCUT2D eigenvalue weighted by Crippen LogP contribution is -2.12. The van der Waals surface area contributed by atoms with Crippen LogP contribution in [0.3, 0.4) is 0 Å². The molecule has 2 aromatic carbocycles. The molecule has 0 radical (unpaired) electrons. The third kappa shape index (κ3) is 5.60. The predicted molar refractivity (Wildman–Crippen MR) is 118 cm³/mol. The number of rotatable bonds is 8. The van der Waals surface area contributed by atoms with E-state index in [0.717, 1.165) is 12.1 Å². The number of hydrogen-bond acceptors (Lipinski definition) is 6. The van der Waals surface area contributed by atoms with Gasteiger partial charge in [0.25, 0.3) is 0 Å². The van der Waals surface area contributed by atoms with Crippen LogP contribution in [0.5, 0.6) is 11.6 Å². The zero-order valence-corrected chi connectivity index (χ0v) is 17.6. The first kappa shape index (κ1) is 22.6. The van der Waals surface area contributed by atoms with Crippen molar-refractivity contribution in [2.45, 2.75) is 12.8 Å². The zero-order valence-electron chi connectivity index (χ0n) is 17.6. The fourth-order valence-corrected chi connectivity index (χ4v) is 3.03. The molecule has 8 nitrogen and oxygen atoms in total. The van der Waals surface area contributed by atoms with Gasteiger partial charge in [-0.1, -0.05) is 6.07 Å². The van der Waals surface area contributed by atoms with Crippen LogP contribution >= 0.6 is 0 Å². The Balaban J connectivity index is 1.30. The summed E-state index contributed by atoms with van der Waals surface area (Å²) in [5.74, 6) is -1.28. The molecule has 0 fully saturated rings. The molecule has 10 heteroatoms. The largest absolute Gasteiger partial charge is 0.441 e. The summed E-state index contributed by atoms with van der Waals surface area (Å²) in [5, 5.41) is 2.69. The summed E-state index contributed by atoms with van der Waals surface area (Å²) in [6.45, 7) is 0. The molecule has 0 aliphatic rings. The minimum atomic E-state index is -0.763. The Kier molecular flexibility index (Phi) is 6.58. The van der Waals surface area contributed by atoms with E-state index in [9.17, 15) is 18.4 Å². The summed E-state index contributed by atoms with van der Waals surface area (Å²) < 4.78 is 38.0. The van der Waals surface area contributed by atoms with E-state index in [2.05, 4.69) is 15.3 Å². The van der Waals surface area contributed by atoms with Gasteiger partial charge in [-0.15, -0.1) is 0 Å². The Morgan fingerprint density at radius 2 is 1.88 bits per heavy atom. The highest BCUT2D eigenvalue weighted by Crippen LogP contribution is 2.25. The van der Waals surface area contributed by atoms with Crippen LogP contribution in [0.4, 0.5) is 14.5 Å².